The van der Waals surface area contributed by atoms with Gasteiger partial charge in [0.05, 0.1) is 12.5 Å². The molecule has 0 spiro atoms. The topological polar surface area (TPSA) is 214 Å². The van der Waals surface area contributed by atoms with Crippen molar-refractivity contribution in [2.75, 3.05) is 6.54 Å². The van der Waals surface area contributed by atoms with Gasteiger partial charge in [0.2, 0.25) is 17.7 Å². The highest BCUT2D eigenvalue weighted by molar-refractivity contribution is 5.95. The lowest BCUT2D eigenvalue weighted by atomic mass is 9.97. The van der Waals surface area contributed by atoms with E-state index >= 15 is 0 Å². The quantitative estimate of drug-likeness (QED) is 0.139. The van der Waals surface area contributed by atoms with Crippen molar-refractivity contribution in [3.05, 3.63) is 0 Å². The molecule has 0 aromatic rings. The van der Waals surface area contributed by atoms with Crippen molar-refractivity contribution in [3.8, 4) is 0 Å². The van der Waals surface area contributed by atoms with Crippen molar-refractivity contribution < 1.29 is 34.2 Å². The Morgan fingerprint density at radius 2 is 1.42 bits per heavy atom. The lowest BCUT2D eigenvalue weighted by molar-refractivity contribution is -0.144. The molecule has 0 saturated carbocycles. The Morgan fingerprint density at radius 1 is 0.848 bits per heavy atom. The molecule has 5 atom stereocenters. The summed E-state index contributed by atoms with van der Waals surface area (Å²) >= 11 is 0. The summed E-state index contributed by atoms with van der Waals surface area (Å²) in [5.41, 5.74) is 11.2. The van der Waals surface area contributed by atoms with Gasteiger partial charge in [0, 0.05) is 0 Å². The smallest absolute Gasteiger partial charge is 0.326 e. The van der Waals surface area contributed by atoms with Crippen molar-refractivity contribution in [2.24, 2.45) is 23.3 Å². The number of carbonyl (C=O) groups is 5. The first-order chi connectivity index (χ1) is 15.3. The molecule has 0 saturated heterocycles. The molecule has 0 rings (SSSR count). The van der Waals surface area contributed by atoms with Crippen molar-refractivity contribution in [2.45, 2.75) is 84.0 Å². The number of carbonyl (C=O) groups excluding carboxylic acids is 3. The van der Waals surface area contributed by atoms with Gasteiger partial charge in [-0.1, -0.05) is 40.5 Å². The van der Waals surface area contributed by atoms with E-state index in [-0.39, 0.29) is 5.92 Å². The van der Waals surface area contributed by atoms with E-state index in [2.05, 4.69) is 16.0 Å². The second-order valence-corrected chi connectivity index (χ2v) is 8.49. The Labute approximate surface area is 194 Å². The molecular weight excluding hydrogens is 434 g/mol. The molecule has 0 aliphatic carbocycles. The maximum absolute atomic E-state index is 12.8. The predicted molar refractivity (Wildman–Crippen MR) is 121 cm³/mol. The minimum Gasteiger partial charge on any atom is -0.481 e. The molecule has 0 aromatic heterocycles. The first kappa shape index (κ1) is 30.3. The third-order valence-corrected chi connectivity index (χ3v) is 5.34. The van der Waals surface area contributed by atoms with Crippen LogP contribution < -0.4 is 27.4 Å². The van der Waals surface area contributed by atoms with E-state index in [1.807, 2.05) is 0 Å². The predicted octanol–water partition coefficient (Wildman–Crippen LogP) is -0.841. The number of hydrogen-bond donors (Lipinski definition) is 7. The van der Waals surface area contributed by atoms with E-state index in [1.165, 1.54) is 0 Å². The Hall–Kier alpha value is -2.73. The summed E-state index contributed by atoms with van der Waals surface area (Å²) in [7, 11) is 0. The minimum absolute atomic E-state index is 0.313. The number of rotatable bonds is 16. The second-order valence-electron chi connectivity index (χ2n) is 8.49. The highest BCUT2D eigenvalue weighted by atomic mass is 16.4. The zero-order valence-corrected chi connectivity index (χ0v) is 19.8. The van der Waals surface area contributed by atoms with Gasteiger partial charge in [0.1, 0.15) is 18.1 Å². The molecule has 0 heterocycles. The SMILES string of the molecule is CCC(C)C(NC(=O)C(NC(=O)C(CC(=O)O)NC(=O)C(N)CCCCN)C(C)C)C(=O)O. The van der Waals surface area contributed by atoms with Gasteiger partial charge in [0.25, 0.3) is 0 Å². The molecular formula is C21H39N5O7. The van der Waals surface area contributed by atoms with Crippen LogP contribution in [-0.4, -0.2) is 70.6 Å². The monoisotopic (exact) mass is 473 g/mol. The van der Waals surface area contributed by atoms with Crippen LogP contribution in [0.5, 0.6) is 0 Å². The summed E-state index contributed by atoms with van der Waals surface area (Å²) < 4.78 is 0. The maximum Gasteiger partial charge on any atom is 0.326 e. The lowest BCUT2D eigenvalue weighted by Crippen LogP contribution is -2.59. The number of unbranched alkanes of at least 4 members (excludes halogenated alkanes) is 1. The number of aliphatic carboxylic acids is 2. The van der Waals surface area contributed by atoms with Gasteiger partial charge in [0.15, 0.2) is 0 Å². The number of nitrogens with two attached hydrogens (primary N) is 2. The third kappa shape index (κ3) is 11.1. The number of amides is 3. The molecule has 9 N–H and O–H groups in total. The first-order valence-corrected chi connectivity index (χ1v) is 11.2. The summed E-state index contributed by atoms with van der Waals surface area (Å²) in [6, 6.07) is -4.71. The molecule has 0 aliphatic rings. The average molecular weight is 474 g/mol. The van der Waals surface area contributed by atoms with Crippen molar-refractivity contribution in [1.82, 2.24) is 16.0 Å². The summed E-state index contributed by atoms with van der Waals surface area (Å²) in [6.07, 6.45) is 1.36. The summed E-state index contributed by atoms with van der Waals surface area (Å²) in [4.78, 5) is 60.6. The molecule has 5 unspecified atom stereocenters. The van der Waals surface area contributed by atoms with Crippen LogP contribution in [0.4, 0.5) is 0 Å². The van der Waals surface area contributed by atoms with Gasteiger partial charge in [-0.25, -0.2) is 4.79 Å². The van der Waals surface area contributed by atoms with Crippen LogP contribution >= 0.6 is 0 Å². The van der Waals surface area contributed by atoms with Gasteiger partial charge >= 0.3 is 11.9 Å². The Balaban J connectivity index is 5.40. The largest absolute Gasteiger partial charge is 0.481 e. The Bertz CT molecular complexity index is 686. The van der Waals surface area contributed by atoms with Crippen molar-refractivity contribution >= 4 is 29.7 Å². The first-order valence-electron chi connectivity index (χ1n) is 11.2. The molecule has 0 fully saturated rings. The van der Waals surface area contributed by atoms with Crippen LogP contribution in [-0.2, 0) is 24.0 Å². The van der Waals surface area contributed by atoms with Gasteiger partial charge in [-0.15, -0.1) is 0 Å². The van der Waals surface area contributed by atoms with Gasteiger partial charge in [-0.3, -0.25) is 19.2 Å². The van der Waals surface area contributed by atoms with E-state index in [1.54, 1.807) is 27.7 Å². The molecule has 0 bridgehead atoms. The fraction of sp³-hybridized carbons (Fsp3) is 0.762. The molecule has 0 radical (unpaired) electrons. The molecule has 190 valence electrons. The summed E-state index contributed by atoms with van der Waals surface area (Å²) in [5.74, 6) is -5.63. The number of carboxylic acid groups (broad SMARTS) is 2. The molecule has 12 nitrogen and oxygen atoms in total. The minimum atomic E-state index is -1.46. The highest BCUT2D eigenvalue weighted by Gasteiger charge is 2.33. The molecule has 33 heavy (non-hydrogen) atoms. The van der Waals surface area contributed by atoms with Crippen LogP contribution in [0.3, 0.4) is 0 Å². The third-order valence-electron chi connectivity index (χ3n) is 5.34. The number of carboxylic acids is 2. The average Bonchev–Trinajstić information content (AvgIpc) is 2.73. The van der Waals surface area contributed by atoms with Crippen LogP contribution in [0.2, 0.25) is 0 Å². The van der Waals surface area contributed by atoms with E-state index in [9.17, 15) is 29.1 Å². The van der Waals surface area contributed by atoms with Gasteiger partial charge in [-0.05, 0) is 31.2 Å². The second kappa shape index (κ2) is 15.2. The fourth-order valence-electron chi connectivity index (χ4n) is 3.02. The highest BCUT2D eigenvalue weighted by Crippen LogP contribution is 2.10. The molecule has 12 heteroatoms. The summed E-state index contributed by atoms with van der Waals surface area (Å²) in [5, 5.41) is 25.8. The van der Waals surface area contributed by atoms with E-state index in [0.29, 0.717) is 32.2 Å². The van der Waals surface area contributed by atoms with Crippen LogP contribution in [0.1, 0.15) is 59.8 Å². The zero-order valence-electron chi connectivity index (χ0n) is 19.8. The van der Waals surface area contributed by atoms with Gasteiger partial charge in [-0.2, -0.15) is 0 Å². The standard InChI is InChI=1S/C21H39N5O7/c1-5-12(4)17(21(32)33)26-20(31)16(11(2)3)25-19(30)14(10-15(27)28)24-18(29)13(23)8-6-7-9-22/h11-14,16-17H,5-10,22-23H2,1-4H3,(H,24,29)(H,25,30)(H,26,31)(H,27,28)(H,32,33). The van der Waals surface area contributed by atoms with E-state index in [4.69, 9.17) is 16.6 Å². The normalized spacial score (nSPS) is 15.6. The Kier molecular flexibility index (Phi) is 13.9. The van der Waals surface area contributed by atoms with E-state index in [0.717, 1.165) is 0 Å². The summed E-state index contributed by atoms with van der Waals surface area (Å²) in [6.45, 7) is 7.19. The zero-order chi connectivity index (χ0) is 25.7. The number of hydrogen-bond acceptors (Lipinski definition) is 7. The van der Waals surface area contributed by atoms with Crippen LogP contribution in [0.25, 0.3) is 0 Å². The fourth-order valence-corrected chi connectivity index (χ4v) is 3.02. The molecule has 0 aromatic carbocycles. The molecule has 0 aliphatic heterocycles. The number of nitrogens with one attached hydrogen (secondary N) is 3. The van der Waals surface area contributed by atoms with Crippen molar-refractivity contribution in [3.63, 3.8) is 0 Å². The van der Waals surface area contributed by atoms with Crippen LogP contribution in [0.15, 0.2) is 0 Å². The maximum atomic E-state index is 12.8. The Morgan fingerprint density at radius 3 is 1.88 bits per heavy atom. The van der Waals surface area contributed by atoms with Gasteiger partial charge < -0.3 is 37.6 Å². The van der Waals surface area contributed by atoms with E-state index < -0.39 is 66.2 Å². The molecule has 3 amide bonds. The van der Waals surface area contributed by atoms with Crippen molar-refractivity contribution in [1.29, 1.82) is 0 Å². The lowest BCUT2D eigenvalue weighted by Gasteiger charge is -2.28. The van der Waals surface area contributed by atoms with Crippen LogP contribution in [0, 0.1) is 11.8 Å².